The van der Waals surface area contributed by atoms with Crippen molar-refractivity contribution in [2.24, 2.45) is 0 Å². The molecule has 0 aliphatic heterocycles. The van der Waals surface area contributed by atoms with Gasteiger partial charge in [0.15, 0.2) is 0 Å². The number of methoxy groups -OCH3 is 1. The summed E-state index contributed by atoms with van der Waals surface area (Å²) in [6.45, 7) is 2.45. The van der Waals surface area contributed by atoms with E-state index in [1.807, 2.05) is 6.92 Å². The lowest BCUT2D eigenvalue weighted by atomic mass is 10.4. The Morgan fingerprint density at radius 1 is 1.62 bits per heavy atom. The first-order valence-corrected chi connectivity index (χ1v) is 4.64. The van der Waals surface area contributed by atoms with Crippen molar-refractivity contribution < 1.29 is 9.47 Å². The molecule has 0 radical (unpaired) electrons. The first-order valence-electron chi connectivity index (χ1n) is 3.85. The third-order valence-corrected chi connectivity index (χ3v) is 1.89. The fourth-order valence-electron chi connectivity index (χ4n) is 0.847. The van der Waals surface area contributed by atoms with E-state index in [1.54, 1.807) is 13.3 Å². The highest BCUT2D eigenvalue weighted by Gasteiger charge is 2.07. The molecule has 1 rings (SSSR count). The van der Waals surface area contributed by atoms with E-state index < -0.39 is 0 Å². The van der Waals surface area contributed by atoms with Gasteiger partial charge in [0.2, 0.25) is 5.88 Å². The topological polar surface area (TPSA) is 44.2 Å². The highest BCUT2D eigenvalue weighted by molar-refractivity contribution is 9.10. The third-order valence-electron chi connectivity index (χ3n) is 1.35. The van der Waals surface area contributed by atoms with Crippen LogP contribution in [0.5, 0.6) is 5.88 Å². The van der Waals surface area contributed by atoms with E-state index in [0.717, 1.165) is 4.47 Å². The van der Waals surface area contributed by atoms with E-state index >= 15 is 0 Å². The maximum Gasteiger partial charge on any atom is 0.231 e. The Kier molecular flexibility index (Phi) is 4.11. The molecule has 1 heterocycles. The third kappa shape index (κ3) is 3.28. The molecule has 13 heavy (non-hydrogen) atoms. The van der Waals surface area contributed by atoms with E-state index in [2.05, 4.69) is 25.9 Å². The zero-order valence-corrected chi connectivity index (χ0v) is 9.11. The second kappa shape index (κ2) is 5.14. The molecule has 0 saturated heterocycles. The minimum atomic E-state index is -0.0174. The van der Waals surface area contributed by atoms with Gasteiger partial charge in [-0.25, -0.2) is 9.97 Å². The van der Waals surface area contributed by atoms with Gasteiger partial charge >= 0.3 is 0 Å². The first-order chi connectivity index (χ1) is 6.24. The van der Waals surface area contributed by atoms with Gasteiger partial charge in [-0.05, 0) is 22.9 Å². The van der Waals surface area contributed by atoms with Crippen LogP contribution >= 0.6 is 15.9 Å². The van der Waals surface area contributed by atoms with Crippen molar-refractivity contribution in [3.05, 3.63) is 17.0 Å². The van der Waals surface area contributed by atoms with Gasteiger partial charge < -0.3 is 9.47 Å². The number of halogens is 1. The molecule has 0 aliphatic rings. The number of rotatable bonds is 4. The average molecular weight is 247 g/mol. The number of hydrogen-bond donors (Lipinski definition) is 0. The zero-order chi connectivity index (χ0) is 9.68. The minimum Gasteiger partial charge on any atom is -0.471 e. The van der Waals surface area contributed by atoms with Crippen LogP contribution in [0.4, 0.5) is 0 Å². The standard InChI is InChI=1S/C8H11BrN2O2/c1-6(4-12-2)13-8-7(9)3-10-5-11-8/h3,5-6H,4H2,1-2H3. The summed E-state index contributed by atoms with van der Waals surface area (Å²) in [6, 6.07) is 0. The molecule has 0 saturated carbocycles. The molecule has 0 spiro atoms. The van der Waals surface area contributed by atoms with E-state index in [9.17, 15) is 0 Å². The van der Waals surface area contributed by atoms with Crippen LogP contribution in [0, 0.1) is 0 Å². The maximum absolute atomic E-state index is 5.46. The summed E-state index contributed by atoms with van der Waals surface area (Å²) in [5.74, 6) is 0.541. The van der Waals surface area contributed by atoms with Crippen molar-refractivity contribution in [1.82, 2.24) is 9.97 Å². The molecule has 72 valence electrons. The van der Waals surface area contributed by atoms with Crippen LogP contribution in [0.15, 0.2) is 17.0 Å². The van der Waals surface area contributed by atoms with Gasteiger partial charge in [0, 0.05) is 13.3 Å². The normalized spacial score (nSPS) is 12.5. The number of aromatic nitrogens is 2. The van der Waals surface area contributed by atoms with Crippen LogP contribution in [0.25, 0.3) is 0 Å². The van der Waals surface area contributed by atoms with Gasteiger partial charge in [0.1, 0.15) is 12.4 Å². The van der Waals surface area contributed by atoms with E-state index in [-0.39, 0.29) is 6.10 Å². The molecular weight excluding hydrogens is 236 g/mol. The van der Waals surface area contributed by atoms with Crippen molar-refractivity contribution in [3.63, 3.8) is 0 Å². The fourth-order valence-corrected chi connectivity index (χ4v) is 1.16. The lowest BCUT2D eigenvalue weighted by molar-refractivity contribution is 0.0883. The Balaban J connectivity index is 2.58. The first kappa shape index (κ1) is 10.4. The molecule has 0 aromatic carbocycles. The van der Waals surface area contributed by atoms with Gasteiger partial charge in [-0.1, -0.05) is 0 Å². The predicted octanol–water partition coefficient (Wildman–Crippen LogP) is 1.65. The predicted molar refractivity (Wildman–Crippen MR) is 51.7 cm³/mol. The van der Waals surface area contributed by atoms with Gasteiger partial charge in [0.05, 0.1) is 11.1 Å². The summed E-state index contributed by atoms with van der Waals surface area (Å²) in [4.78, 5) is 7.79. The van der Waals surface area contributed by atoms with Crippen LogP contribution in [0.3, 0.4) is 0 Å². The second-order valence-electron chi connectivity index (χ2n) is 2.56. The second-order valence-corrected chi connectivity index (χ2v) is 3.41. The zero-order valence-electron chi connectivity index (χ0n) is 7.53. The maximum atomic E-state index is 5.46. The number of hydrogen-bond acceptors (Lipinski definition) is 4. The molecule has 0 bridgehead atoms. The lowest BCUT2D eigenvalue weighted by Crippen LogP contribution is -2.18. The Hall–Kier alpha value is -0.680. The highest BCUT2D eigenvalue weighted by Crippen LogP contribution is 2.20. The largest absolute Gasteiger partial charge is 0.471 e. The molecule has 1 atom stereocenters. The van der Waals surface area contributed by atoms with Crippen molar-refractivity contribution in [2.45, 2.75) is 13.0 Å². The average Bonchev–Trinajstić information content (AvgIpc) is 2.09. The molecule has 0 N–H and O–H groups in total. The highest BCUT2D eigenvalue weighted by atomic mass is 79.9. The van der Waals surface area contributed by atoms with Crippen molar-refractivity contribution in [3.8, 4) is 5.88 Å². The molecular formula is C8H11BrN2O2. The van der Waals surface area contributed by atoms with Crippen LogP contribution in [-0.2, 0) is 4.74 Å². The van der Waals surface area contributed by atoms with Crippen LogP contribution in [0.2, 0.25) is 0 Å². The van der Waals surface area contributed by atoms with Crippen molar-refractivity contribution in [2.75, 3.05) is 13.7 Å². The summed E-state index contributed by atoms with van der Waals surface area (Å²) in [6.07, 6.45) is 3.07. The molecule has 1 unspecified atom stereocenters. The van der Waals surface area contributed by atoms with Crippen LogP contribution < -0.4 is 4.74 Å². The molecule has 0 aliphatic carbocycles. The van der Waals surface area contributed by atoms with Gasteiger partial charge in [-0.2, -0.15) is 0 Å². The van der Waals surface area contributed by atoms with Gasteiger partial charge in [0.25, 0.3) is 0 Å². The summed E-state index contributed by atoms with van der Waals surface area (Å²) in [5, 5.41) is 0. The SMILES string of the molecule is COCC(C)Oc1ncncc1Br. The molecule has 0 fully saturated rings. The molecule has 4 nitrogen and oxygen atoms in total. The van der Waals surface area contributed by atoms with Crippen molar-refractivity contribution in [1.29, 1.82) is 0 Å². The van der Waals surface area contributed by atoms with Gasteiger partial charge in [-0.15, -0.1) is 0 Å². The minimum absolute atomic E-state index is 0.0174. The summed E-state index contributed by atoms with van der Waals surface area (Å²) >= 11 is 3.29. The smallest absolute Gasteiger partial charge is 0.231 e. The van der Waals surface area contributed by atoms with Gasteiger partial charge in [-0.3, -0.25) is 0 Å². The number of ether oxygens (including phenoxy) is 2. The Labute approximate surface area is 85.4 Å². The van der Waals surface area contributed by atoms with Crippen molar-refractivity contribution >= 4 is 15.9 Å². The molecule has 0 amide bonds. The fraction of sp³-hybridized carbons (Fsp3) is 0.500. The Morgan fingerprint density at radius 2 is 2.38 bits per heavy atom. The van der Waals surface area contributed by atoms with Crippen LogP contribution in [-0.4, -0.2) is 29.8 Å². The Bertz CT molecular complexity index is 270. The number of nitrogens with zero attached hydrogens (tertiary/aromatic N) is 2. The Morgan fingerprint density at radius 3 is 3.00 bits per heavy atom. The summed E-state index contributed by atoms with van der Waals surface area (Å²) < 4.78 is 11.1. The summed E-state index contributed by atoms with van der Waals surface area (Å²) in [7, 11) is 1.63. The van der Waals surface area contributed by atoms with Crippen LogP contribution in [0.1, 0.15) is 6.92 Å². The van der Waals surface area contributed by atoms with E-state index in [4.69, 9.17) is 9.47 Å². The van der Waals surface area contributed by atoms with E-state index in [1.165, 1.54) is 6.33 Å². The molecule has 5 heteroatoms. The quantitative estimate of drug-likeness (QED) is 0.811. The lowest BCUT2D eigenvalue weighted by Gasteiger charge is -2.12. The summed E-state index contributed by atoms with van der Waals surface area (Å²) in [5.41, 5.74) is 0. The molecule has 1 aromatic rings. The van der Waals surface area contributed by atoms with E-state index in [0.29, 0.717) is 12.5 Å². The monoisotopic (exact) mass is 246 g/mol. The molecule has 1 aromatic heterocycles.